The highest BCUT2D eigenvalue weighted by Crippen LogP contribution is 2.19. The molecule has 1 heterocycles. The van der Waals surface area contributed by atoms with Crippen LogP contribution in [0, 0.1) is 11.3 Å². The first kappa shape index (κ1) is 16.9. The monoisotopic (exact) mass is 352 g/mol. The summed E-state index contributed by atoms with van der Waals surface area (Å²) in [6.45, 7) is 0. The highest BCUT2D eigenvalue weighted by molar-refractivity contribution is 7.89. The minimum Gasteiger partial charge on any atom is -0.347 e. The number of nitrogens with one attached hydrogen (secondary N) is 2. The zero-order valence-corrected chi connectivity index (χ0v) is 14.1. The molecule has 3 aromatic rings. The second-order valence-electron chi connectivity index (χ2n) is 5.48. The van der Waals surface area contributed by atoms with Crippen LogP contribution < -0.4 is 4.72 Å². The summed E-state index contributed by atoms with van der Waals surface area (Å²) in [5, 5.41) is 9.04. The zero-order valence-electron chi connectivity index (χ0n) is 13.3. The van der Waals surface area contributed by atoms with Gasteiger partial charge in [0.1, 0.15) is 5.82 Å². The molecule has 7 heteroatoms. The number of sulfonamides is 1. The quantitative estimate of drug-likeness (QED) is 0.712. The third-order valence-corrected chi connectivity index (χ3v) is 5.18. The minimum atomic E-state index is -3.70. The molecule has 0 aliphatic rings. The predicted octanol–water partition coefficient (Wildman–Crippen LogP) is 2.54. The SMILES string of the molecule is N#Cc1cccc(C[C@H](NS(=O)(=O)c2ccccc2)c2ncc[nH]2)c1. The van der Waals surface area contributed by atoms with Gasteiger partial charge in [-0.15, -0.1) is 0 Å². The van der Waals surface area contributed by atoms with Crippen LogP contribution in [0.5, 0.6) is 0 Å². The van der Waals surface area contributed by atoms with E-state index in [2.05, 4.69) is 20.8 Å². The van der Waals surface area contributed by atoms with E-state index in [4.69, 9.17) is 5.26 Å². The first-order valence-electron chi connectivity index (χ1n) is 7.64. The van der Waals surface area contributed by atoms with Gasteiger partial charge in [0.25, 0.3) is 0 Å². The van der Waals surface area contributed by atoms with Crippen molar-refractivity contribution in [1.82, 2.24) is 14.7 Å². The Balaban J connectivity index is 1.90. The first-order valence-corrected chi connectivity index (χ1v) is 9.12. The molecule has 0 radical (unpaired) electrons. The summed E-state index contributed by atoms with van der Waals surface area (Å²) >= 11 is 0. The maximum atomic E-state index is 12.6. The first-order chi connectivity index (χ1) is 12.1. The van der Waals surface area contributed by atoms with Gasteiger partial charge in [-0.2, -0.15) is 5.26 Å². The molecule has 0 saturated heterocycles. The Morgan fingerprint density at radius 2 is 1.96 bits per heavy atom. The lowest BCUT2D eigenvalue weighted by atomic mass is 10.0. The summed E-state index contributed by atoms with van der Waals surface area (Å²) in [5.41, 5.74) is 1.37. The Morgan fingerprint density at radius 1 is 1.16 bits per heavy atom. The van der Waals surface area contributed by atoms with Crippen LogP contribution in [0.2, 0.25) is 0 Å². The number of aromatic amines is 1. The van der Waals surface area contributed by atoms with Gasteiger partial charge in [-0.25, -0.2) is 18.1 Å². The average molecular weight is 352 g/mol. The molecule has 2 N–H and O–H groups in total. The van der Waals surface area contributed by atoms with E-state index in [1.807, 2.05) is 6.07 Å². The van der Waals surface area contributed by atoms with Crippen molar-refractivity contribution >= 4 is 10.0 Å². The Morgan fingerprint density at radius 3 is 2.64 bits per heavy atom. The molecule has 0 aliphatic heterocycles. The number of H-pyrrole nitrogens is 1. The van der Waals surface area contributed by atoms with Crippen LogP contribution in [-0.2, 0) is 16.4 Å². The van der Waals surface area contributed by atoms with E-state index in [1.165, 1.54) is 12.1 Å². The van der Waals surface area contributed by atoms with E-state index in [1.54, 1.807) is 48.8 Å². The lowest BCUT2D eigenvalue weighted by Gasteiger charge is -2.17. The van der Waals surface area contributed by atoms with E-state index in [-0.39, 0.29) is 4.90 Å². The lowest BCUT2D eigenvalue weighted by molar-refractivity contribution is 0.545. The number of nitrogens with zero attached hydrogens (tertiary/aromatic N) is 2. The van der Waals surface area contributed by atoms with Crippen molar-refractivity contribution in [1.29, 1.82) is 5.26 Å². The maximum absolute atomic E-state index is 12.6. The summed E-state index contributed by atoms with van der Waals surface area (Å²) in [6, 6.07) is 16.8. The van der Waals surface area contributed by atoms with Gasteiger partial charge >= 0.3 is 0 Å². The molecule has 2 aromatic carbocycles. The molecular formula is C18H16N4O2S. The van der Waals surface area contributed by atoms with Crippen LogP contribution in [0.4, 0.5) is 0 Å². The van der Waals surface area contributed by atoms with Crippen LogP contribution in [-0.4, -0.2) is 18.4 Å². The summed E-state index contributed by atoms with van der Waals surface area (Å²) in [7, 11) is -3.70. The van der Waals surface area contributed by atoms with Crippen LogP contribution in [0.1, 0.15) is 23.0 Å². The lowest BCUT2D eigenvalue weighted by Crippen LogP contribution is -2.30. The van der Waals surface area contributed by atoms with E-state index < -0.39 is 16.1 Å². The van der Waals surface area contributed by atoms with E-state index in [0.717, 1.165) is 5.56 Å². The van der Waals surface area contributed by atoms with Gasteiger partial charge in [0.05, 0.1) is 22.6 Å². The zero-order chi connectivity index (χ0) is 17.7. The van der Waals surface area contributed by atoms with Crippen molar-refractivity contribution in [3.05, 3.63) is 83.9 Å². The Bertz CT molecular complexity index is 977. The molecule has 1 aromatic heterocycles. The molecule has 0 bridgehead atoms. The number of benzene rings is 2. The number of hydrogen-bond donors (Lipinski definition) is 2. The van der Waals surface area contributed by atoms with Crippen molar-refractivity contribution in [2.45, 2.75) is 17.4 Å². The summed E-state index contributed by atoms with van der Waals surface area (Å²) in [5.74, 6) is 0.516. The molecular weight excluding hydrogens is 336 g/mol. The molecule has 3 rings (SSSR count). The molecule has 0 unspecified atom stereocenters. The highest BCUT2D eigenvalue weighted by atomic mass is 32.2. The summed E-state index contributed by atoms with van der Waals surface area (Å²) < 4.78 is 28.0. The molecule has 0 saturated carbocycles. The second kappa shape index (κ2) is 7.30. The molecule has 1 atom stereocenters. The molecule has 0 spiro atoms. The molecule has 126 valence electrons. The van der Waals surface area contributed by atoms with Gasteiger partial charge in [0, 0.05) is 12.4 Å². The van der Waals surface area contributed by atoms with Crippen molar-refractivity contribution < 1.29 is 8.42 Å². The Labute approximate surface area is 146 Å². The molecule has 0 aliphatic carbocycles. The largest absolute Gasteiger partial charge is 0.347 e. The van der Waals surface area contributed by atoms with Crippen molar-refractivity contribution in [2.24, 2.45) is 0 Å². The van der Waals surface area contributed by atoms with Crippen LogP contribution >= 0.6 is 0 Å². The van der Waals surface area contributed by atoms with Crippen LogP contribution in [0.3, 0.4) is 0 Å². The topological polar surface area (TPSA) is 98.6 Å². The van der Waals surface area contributed by atoms with Gasteiger partial charge < -0.3 is 4.98 Å². The third-order valence-electron chi connectivity index (χ3n) is 3.70. The van der Waals surface area contributed by atoms with Gasteiger partial charge in [0.2, 0.25) is 10.0 Å². The second-order valence-corrected chi connectivity index (χ2v) is 7.19. The highest BCUT2D eigenvalue weighted by Gasteiger charge is 2.23. The van der Waals surface area contributed by atoms with Crippen molar-refractivity contribution in [3.8, 4) is 6.07 Å². The molecule has 6 nitrogen and oxygen atoms in total. The Hall–Kier alpha value is -2.95. The fraction of sp³-hybridized carbons (Fsp3) is 0.111. The van der Waals surface area contributed by atoms with Crippen LogP contribution in [0.25, 0.3) is 0 Å². The number of hydrogen-bond acceptors (Lipinski definition) is 4. The number of imidazole rings is 1. The fourth-order valence-corrected chi connectivity index (χ4v) is 3.74. The normalized spacial score (nSPS) is 12.4. The Kier molecular flexibility index (Phi) is 4.93. The molecule has 25 heavy (non-hydrogen) atoms. The fourth-order valence-electron chi connectivity index (χ4n) is 2.52. The molecule has 0 amide bonds. The van der Waals surface area contributed by atoms with E-state index in [9.17, 15) is 8.42 Å². The average Bonchev–Trinajstić information content (AvgIpc) is 3.17. The minimum absolute atomic E-state index is 0.192. The predicted molar refractivity (Wildman–Crippen MR) is 93.0 cm³/mol. The van der Waals surface area contributed by atoms with Gasteiger partial charge in [-0.1, -0.05) is 30.3 Å². The number of nitriles is 1. The van der Waals surface area contributed by atoms with Crippen molar-refractivity contribution in [3.63, 3.8) is 0 Å². The van der Waals surface area contributed by atoms with Gasteiger partial charge in [0.15, 0.2) is 0 Å². The van der Waals surface area contributed by atoms with Crippen LogP contribution in [0.15, 0.2) is 71.9 Å². The van der Waals surface area contributed by atoms with E-state index in [0.29, 0.717) is 17.8 Å². The summed E-state index contributed by atoms with van der Waals surface area (Å²) in [4.78, 5) is 7.33. The smallest absolute Gasteiger partial charge is 0.241 e. The third kappa shape index (κ3) is 4.12. The van der Waals surface area contributed by atoms with E-state index >= 15 is 0 Å². The molecule has 0 fully saturated rings. The number of aromatic nitrogens is 2. The van der Waals surface area contributed by atoms with Gasteiger partial charge in [-0.3, -0.25) is 0 Å². The number of rotatable bonds is 6. The van der Waals surface area contributed by atoms with Gasteiger partial charge in [-0.05, 0) is 36.2 Å². The maximum Gasteiger partial charge on any atom is 0.241 e. The summed E-state index contributed by atoms with van der Waals surface area (Å²) in [6.07, 6.45) is 3.59. The standard InChI is InChI=1S/C18H16N4O2S/c19-13-15-6-4-5-14(11-15)12-17(18-20-9-10-21-18)22-25(23,24)16-7-2-1-3-8-16/h1-11,17,22H,12H2,(H,20,21)/t17-/m0/s1. The van der Waals surface area contributed by atoms with Crippen molar-refractivity contribution in [2.75, 3.05) is 0 Å².